The Kier molecular flexibility index (Phi) is 10.2. The fraction of sp³-hybridized carbons (Fsp3) is 0.538. The molecule has 0 radical (unpaired) electrons. The van der Waals surface area contributed by atoms with E-state index >= 15 is 0 Å². The maximum absolute atomic E-state index is 5.12. The largest absolute Gasteiger partial charge is 0.497 e. The van der Waals surface area contributed by atoms with Crippen molar-refractivity contribution in [2.24, 2.45) is 0 Å². The van der Waals surface area contributed by atoms with Crippen molar-refractivity contribution in [2.45, 2.75) is 34.6 Å². The molecule has 1 aromatic rings. The molecule has 0 atom stereocenters. The van der Waals surface area contributed by atoms with E-state index in [0.29, 0.717) is 0 Å². The minimum atomic E-state index is 0. The second-order valence-corrected chi connectivity index (χ2v) is 2.57. The zero-order valence-electron chi connectivity index (χ0n) is 9.76. The van der Waals surface area contributed by atoms with Crippen molar-refractivity contribution in [3.63, 3.8) is 0 Å². The number of ether oxygens (including phenoxy) is 2. The first kappa shape index (κ1) is 16.3. The van der Waals surface area contributed by atoms with Crippen LogP contribution in [-0.2, 0) is 6.42 Å². The van der Waals surface area contributed by atoms with Crippen LogP contribution in [0.2, 0.25) is 0 Å². The normalized spacial score (nSPS) is 8.07. The summed E-state index contributed by atoms with van der Waals surface area (Å²) in [7, 11) is 3.32. The third kappa shape index (κ3) is 5.31. The Morgan fingerprint density at radius 3 is 1.60 bits per heavy atom. The standard InChI is InChI=1S/C10H14O2.C2H6.CH4/c1-4-8-5-9(11-2)7-10(6-8)12-3;1-2;/h5-7H,4H2,1-3H3;1-2H3;1H4. The van der Waals surface area contributed by atoms with Crippen molar-refractivity contribution in [3.05, 3.63) is 23.8 Å². The molecular formula is C13H24O2. The van der Waals surface area contributed by atoms with Crippen LogP contribution in [0, 0.1) is 0 Å². The summed E-state index contributed by atoms with van der Waals surface area (Å²) in [5.74, 6) is 1.71. The second kappa shape index (κ2) is 9.38. The van der Waals surface area contributed by atoms with Gasteiger partial charge in [0.25, 0.3) is 0 Å². The monoisotopic (exact) mass is 212 g/mol. The zero-order chi connectivity index (χ0) is 11.0. The Bertz CT molecular complexity index is 201. The van der Waals surface area contributed by atoms with Crippen LogP contribution in [0.15, 0.2) is 18.2 Å². The summed E-state index contributed by atoms with van der Waals surface area (Å²) in [5.41, 5.74) is 1.23. The highest BCUT2D eigenvalue weighted by Crippen LogP contribution is 2.22. The van der Waals surface area contributed by atoms with Gasteiger partial charge in [-0.1, -0.05) is 28.2 Å². The van der Waals surface area contributed by atoms with Crippen LogP contribution in [0.5, 0.6) is 11.5 Å². The number of rotatable bonds is 3. The molecule has 0 saturated heterocycles. The first-order valence-corrected chi connectivity index (χ1v) is 5.02. The highest BCUT2D eigenvalue weighted by Gasteiger charge is 1.98. The van der Waals surface area contributed by atoms with E-state index in [9.17, 15) is 0 Å². The quantitative estimate of drug-likeness (QED) is 0.755. The first-order valence-electron chi connectivity index (χ1n) is 5.02. The van der Waals surface area contributed by atoms with Gasteiger partial charge in [-0.25, -0.2) is 0 Å². The highest BCUT2D eigenvalue weighted by molar-refractivity contribution is 5.38. The topological polar surface area (TPSA) is 18.5 Å². The molecule has 2 nitrogen and oxygen atoms in total. The van der Waals surface area contributed by atoms with Gasteiger partial charge in [-0.3, -0.25) is 0 Å². The summed E-state index contributed by atoms with van der Waals surface area (Å²) in [5, 5.41) is 0. The molecule has 0 N–H and O–H groups in total. The molecule has 2 heteroatoms. The first-order chi connectivity index (χ1) is 6.80. The Labute approximate surface area is 94.2 Å². The third-order valence-electron chi connectivity index (χ3n) is 1.82. The minimum absolute atomic E-state index is 0. The average Bonchev–Trinajstić information content (AvgIpc) is 2.30. The van der Waals surface area contributed by atoms with E-state index in [0.717, 1.165) is 17.9 Å². The van der Waals surface area contributed by atoms with Crippen molar-refractivity contribution in [1.29, 1.82) is 0 Å². The lowest BCUT2D eigenvalue weighted by atomic mass is 10.1. The van der Waals surface area contributed by atoms with Gasteiger partial charge in [-0.15, -0.1) is 0 Å². The minimum Gasteiger partial charge on any atom is -0.497 e. The Balaban J connectivity index is 0. The Hall–Kier alpha value is -1.18. The number of hydrogen-bond donors (Lipinski definition) is 0. The molecule has 1 aromatic carbocycles. The third-order valence-corrected chi connectivity index (χ3v) is 1.82. The molecule has 0 aromatic heterocycles. The lowest BCUT2D eigenvalue weighted by Gasteiger charge is -2.06. The van der Waals surface area contributed by atoms with Gasteiger partial charge in [0.15, 0.2) is 0 Å². The fourth-order valence-electron chi connectivity index (χ4n) is 1.07. The number of methoxy groups -OCH3 is 2. The Morgan fingerprint density at radius 1 is 0.933 bits per heavy atom. The highest BCUT2D eigenvalue weighted by atomic mass is 16.5. The molecule has 0 bridgehead atoms. The summed E-state index contributed by atoms with van der Waals surface area (Å²) in [6.45, 7) is 6.11. The Morgan fingerprint density at radius 2 is 1.33 bits per heavy atom. The van der Waals surface area contributed by atoms with Crippen LogP contribution in [0.1, 0.15) is 33.8 Å². The zero-order valence-corrected chi connectivity index (χ0v) is 9.76. The molecule has 0 aliphatic carbocycles. The van der Waals surface area contributed by atoms with E-state index in [1.54, 1.807) is 14.2 Å². The summed E-state index contributed by atoms with van der Waals surface area (Å²) in [4.78, 5) is 0. The van der Waals surface area contributed by atoms with E-state index in [1.807, 2.05) is 32.0 Å². The van der Waals surface area contributed by atoms with Crippen molar-refractivity contribution < 1.29 is 9.47 Å². The SMILES string of the molecule is C.CC.CCc1cc(OC)cc(OC)c1. The van der Waals surface area contributed by atoms with E-state index in [2.05, 4.69) is 6.92 Å². The maximum Gasteiger partial charge on any atom is 0.122 e. The van der Waals surface area contributed by atoms with E-state index in [1.165, 1.54) is 5.56 Å². The van der Waals surface area contributed by atoms with Crippen LogP contribution in [0.3, 0.4) is 0 Å². The van der Waals surface area contributed by atoms with Gasteiger partial charge in [0.1, 0.15) is 11.5 Å². The van der Waals surface area contributed by atoms with E-state index < -0.39 is 0 Å². The van der Waals surface area contributed by atoms with Crippen molar-refractivity contribution >= 4 is 0 Å². The fourth-order valence-corrected chi connectivity index (χ4v) is 1.07. The summed E-state index contributed by atoms with van der Waals surface area (Å²) in [6.07, 6.45) is 0.994. The van der Waals surface area contributed by atoms with Crippen LogP contribution < -0.4 is 9.47 Å². The molecule has 0 aliphatic heterocycles. The van der Waals surface area contributed by atoms with Gasteiger partial charge in [-0.05, 0) is 24.1 Å². The smallest absolute Gasteiger partial charge is 0.122 e. The van der Waals surface area contributed by atoms with Gasteiger partial charge in [-0.2, -0.15) is 0 Å². The molecular weight excluding hydrogens is 188 g/mol. The molecule has 0 heterocycles. The van der Waals surface area contributed by atoms with Crippen LogP contribution >= 0.6 is 0 Å². The molecule has 88 valence electrons. The van der Waals surface area contributed by atoms with Crippen LogP contribution in [0.25, 0.3) is 0 Å². The van der Waals surface area contributed by atoms with Crippen LogP contribution in [0.4, 0.5) is 0 Å². The maximum atomic E-state index is 5.12. The molecule has 0 aliphatic rings. The molecule has 0 fully saturated rings. The average molecular weight is 212 g/mol. The summed E-state index contributed by atoms with van der Waals surface area (Å²) >= 11 is 0. The van der Waals surface area contributed by atoms with Gasteiger partial charge in [0.05, 0.1) is 14.2 Å². The lowest BCUT2D eigenvalue weighted by molar-refractivity contribution is 0.393. The van der Waals surface area contributed by atoms with Gasteiger partial charge in [0, 0.05) is 6.07 Å². The van der Waals surface area contributed by atoms with Gasteiger partial charge < -0.3 is 9.47 Å². The number of hydrogen-bond acceptors (Lipinski definition) is 2. The summed E-state index contributed by atoms with van der Waals surface area (Å²) < 4.78 is 10.2. The van der Waals surface area contributed by atoms with Crippen molar-refractivity contribution in [2.75, 3.05) is 14.2 Å². The molecule has 0 unspecified atom stereocenters. The van der Waals surface area contributed by atoms with Crippen LogP contribution in [-0.4, -0.2) is 14.2 Å². The molecule has 0 saturated carbocycles. The van der Waals surface area contributed by atoms with E-state index in [-0.39, 0.29) is 7.43 Å². The summed E-state index contributed by atoms with van der Waals surface area (Å²) in [6, 6.07) is 5.91. The lowest BCUT2D eigenvalue weighted by Crippen LogP contribution is -1.89. The van der Waals surface area contributed by atoms with Crippen molar-refractivity contribution in [3.8, 4) is 11.5 Å². The molecule has 0 spiro atoms. The van der Waals surface area contributed by atoms with E-state index in [4.69, 9.17) is 9.47 Å². The number of aryl methyl sites for hydroxylation is 1. The molecule has 0 amide bonds. The molecule has 15 heavy (non-hydrogen) atoms. The number of benzene rings is 1. The predicted molar refractivity (Wildman–Crippen MR) is 67.0 cm³/mol. The van der Waals surface area contributed by atoms with Gasteiger partial charge in [0.2, 0.25) is 0 Å². The predicted octanol–water partition coefficient (Wildman–Crippen LogP) is 3.93. The molecule has 1 rings (SSSR count). The van der Waals surface area contributed by atoms with Gasteiger partial charge >= 0.3 is 0 Å². The van der Waals surface area contributed by atoms with Crippen molar-refractivity contribution in [1.82, 2.24) is 0 Å². The second-order valence-electron chi connectivity index (χ2n) is 2.57.